The molecule has 1 aromatic heterocycles. The van der Waals surface area contributed by atoms with Crippen molar-refractivity contribution in [2.45, 2.75) is 13.8 Å². The Hall–Kier alpha value is -2.30. The number of fused-ring (bicyclic) bond motifs is 1. The molecule has 0 aliphatic heterocycles. The molecule has 5 nitrogen and oxygen atoms in total. The third-order valence-corrected chi connectivity index (χ3v) is 2.87. The lowest BCUT2D eigenvalue weighted by atomic mass is 10.1. The molecule has 0 spiro atoms. The molecule has 106 valence electrons. The smallest absolute Gasteiger partial charge is 0.337 e. The molecule has 0 unspecified atom stereocenters. The topological polar surface area (TPSA) is 68.5 Å². The number of hydrogen-bond acceptors (Lipinski definition) is 4. The van der Waals surface area contributed by atoms with Gasteiger partial charge in [0.1, 0.15) is 11.3 Å². The summed E-state index contributed by atoms with van der Waals surface area (Å²) in [5.74, 6) is 0.632. The van der Waals surface area contributed by atoms with Crippen LogP contribution in [0, 0.1) is 5.92 Å². The van der Waals surface area contributed by atoms with Crippen LogP contribution in [0.4, 0.5) is 0 Å². The second-order valence-electron chi connectivity index (χ2n) is 4.95. The summed E-state index contributed by atoms with van der Waals surface area (Å²) in [4.78, 5) is 23.7. The van der Waals surface area contributed by atoms with Gasteiger partial charge in [0.15, 0.2) is 0 Å². The number of ether oxygens (including phenoxy) is 1. The van der Waals surface area contributed by atoms with Crippen molar-refractivity contribution in [1.29, 1.82) is 0 Å². The summed E-state index contributed by atoms with van der Waals surface area (Å²) in [5.41, 5.74) is 0.103. The zero-order valence-corrected chi connectivity index (χ0v) is 11.7. The van der Waals surface area contributed by atoms with E-state index in [0.29, 0.717) is 34.7 Å². The minimum Gasteiger partial charge on any atom is -0.497 e. The highest BCUT2D eigenvalue weighted by atomic mass is 16.5. The van der Waals surface area contributed by atoms with Crippen molar-refractivity contribution < 1.29 is 13.9 Å². The molecular formula is C15H17NO4. The van der Waals surface area contributed by atoms with E-state index in [1.165, 1.54) is 13.2 Å². The fraction of sp³-hybridized carbons (Fsp3) is 0.333. The van der Waals surface area contributed by atoms with Gasteiger partial charge in [0.25, 0.3) is 5.91 Å². The Morgan fingerprint density at radius 1 is 1.35 bits per heavy atom. The van der Waals surface area contributed by atoms with Gasteiger partial charge in [-0.05, 0) is 18.1 Å². The lowest BCUT2D eigenvalue weighted by Gasteiger charge is -2.09. The van der Waals surface area contributed by atoms with Crippen LogP contribution >= 0.6 is 0 Å². The predicted octanol–water partition coefficient (Wildman–Crippen LogP) is 2.19. The van der Waals surface area contributed by atoms with Crippen LogP contribution in [0.3, 0.4) is 0 Å². The number of carbonyl (C=O) groups is 1. The summed E-state index contributed by atoms with van der Waals surface area (Å²) in [7, 11) is 1.53. The summed E-state index contributed by atoms with van der Waals surface area (Å²) in [6.45, 7) is 4.56. The van der Waals surface area contributed by atoms with Gasteiger partial charge in [0.2, 0.25) is 0 Å². The molecule has 0 saturated heterocycles. The SMILES string of the molecule is COc1ccc2c(C(=O)NCC(C)C)cc(=O)oc2c1. The van der Waals surface area contributed by atoms with Gasteiger partial charge in [-0.15, -0.1) is 0 Å². The monoisotopic (exact) mass is 275 g/mol. The first-order valence-electron chi connectivity index (χ1n) is 6.41. The minimum absolute atomic E-state index is 0.276. The number of hydrogen-bond donors (Lipinski definition) is 1. The van der Waals surface area contributed by atoms with E-state index >= 15 is 0 Å². The Morgan fingerprint density at radius 3 is 2.75 bits per heavy atom. The molecule has 0 fully saturated rings. The number of methoxy groups -OCH3 is 1. The molecule has 2 rings (SSSR count). The van der Waals surface area contributed by atoms with Crippen molar-refractivity contribution in [3.8, 4) is 5.75 Å². The van der Waals surface area contributed by atoms with E-state index < -0.39 is 5.63 Å². The first-order valence-corrected chi connectivity index (χ1v) is 6.41. The van der Waals surface area contributed by atoms with Crippen LogP contribution < -0.4 is 15.7 Å². The van der Waals surface area contributed by atoms with Crippen molar-refractivity contribution in [3.63, 3.8) is 0 Å². The summed E-state index contributed by atoms with van der Waals surface area (Å²) in [5, 5.41) is 3.39. The van der Waals surface area contributed by atoms with Crippen LogP contribution in [0.1, 0.15) is 24.2 Å². The maximum Gasteiger partial charge on any atom is 0.337 e. The molecule has 5 heteroatoms. The molecular weight excluding hydrogens is 258 g/mol. The molecule has 1 aromatic carbocycles. The van der Waals surface area contributed by atoms with Crippen molar-refractivity contribution in [2.24, 2.45) is 5.92 Å². The zero-order chi connectivity index (χ0) is 14.7. The summed E-state index contributed by atoms with van der Waals surface area (Å²) < 4.78 is 10.2. The molecule has 0 atom stereocenters. The lowest BCUT2D eigenvalue weighted by molar-refractivity contribution is 0.0950. The maximum absolute atomic E-state index is 12.1. The van der Waals surface area contributed by atoms with Crippen molar-refractivity contribution >= 4 is 16.9 Å². The maximum atomic E-state index is 12.1. The first-order chi connectivity index (χ1) is 9.51. The fourth-order valence-corrected chi connectivity index (χ4v) is 1.85. The van der Waals surface area contributed by atoms with E-state index in [1.54, 1.807) is 18.2 Å². The van der Waals surface area contributed by atoms with Crippen LogP contribution in [0.5, 0.6) is 5.75 Å². The van der Waals surface area contributed by atoms with E-state index in [9.17, 15) is 9.59 Å². The van der Waals surface area contributed by atoms with Gasteiger partial charge in [0.05, 0.1) is 12.7 Å². The molecule has 0 saturated carbocycles. The largest absolute Gasteiger partial charge is 0.497 e. The highest BCUT2D eigenvalue weighted by Crippen LogP contribution is 2.22. The van der Waals surface area contributed by atoms with Crippen LogP contribution in [0.15, 0.2) is 33.5 Å². The van der Waals surface area contributed by atoms with Crippen LogP contribution in [-0.2, 0) is 0 Å². The Kier molecular flexibility index (Phi) is 4.08. The molecule has 0 bridgehead atoms. The van der Waals surface area contributed by atoms with Crippen LogP contribution in [0.2, 0.25) is 0 Å². The van der Waals surface area contributed by atoms with E-state index in [0.717, 1.165) is 0 Å². The second-order valence-corrected chi connectivity index (χ2v) is 4.95. The van der Waals surface area contributed by atoms with Gasteiger partial charge in [-0.2, -0.15) is 0 Å². The zero-order valence-electron chi connectivity index (χ0n) is 11.7. The van der Waals surface area contributed by atoms with Crippen molar-refractivity contribution in [1.82, 2.24) is 5.32 Å². The number of nitrogens with one attached hydrogen (secondary N) is 1. The normalized spacial score (nSPS) is 10.8. The molecule has 0 aliphatic rings. The molecule has 1 heterocycles. The quantitative estimate of drug-likeness (QED) is 0.868. The summed E-state index contributed by atoms with van der Waals surface area (Å²) in [6, 6.07) is 6.24. The van der Waals surface area contributed by atoms with Gasteiger partial charge < -0.3 is 14.5 Å². The van der Waals surface area contributed by atoms with E-state index in [-0.39, 0.29) is 5.91 Å². The number of benzene rings is 1. The van der Waals surface area contributed by atoms with E-state index in [2.05, 4.69) is 5.32 Å². The number of rotatable bonds is 4. The highest BCUT2D eigenvalue weighted by molar-refractivity contribution is 6.05. The molecule has 2 aromatic rings. The Bertz CT molecular complexity index is 688. The molecule has 0 radical (unpaired) electrons. The Balaban J connectivity index is 2.47. The fourth-order valence-electron chi connectivity index (χ4n) is 1.85. The molecule has 1 amide bonds. The third-order valence-electron chi connectivity index (χ3n) is 2.87. The lowest BCUT2D eigenvalue weighted by Crippen LogP contribution is -2.28. The summed E-state index contributed by atoms with van der Waals surface area (Å²) in [6.07, 6.45) is 0. The van der Waals surface area contributed by atoms with Crippen LogP contribution in [0.25, 0.3) is 11.0 Å². The van der Waals surface area contributed by atoms with Crippen LogP contribution in [-0.4, -0.2) is 19.6 Å². The van der Waals surface area contributed by atoms with Gasteiger partial charge in [-0.1, -0.05) is 13.8 Å². The molecule has 0 aliphatic carbocycles. The Labute approximate surface area is 116 Å². The second kappa shape index (κ2) is 5.77. The number of carbonyl (C=O) groups excluding carboxylic acids is 1. The van der Waals surface area contributed by atoms with Gasteiger partial charge in [0, 0.05) is 24.1 Å². The highest BCUT2D eigenvalue weighted by Gasteiger charge is 2.13. The van der Waals surface area contributed by atoms with Gasteiger partial charge in [-0.25, -0.2) is 4.79 Å². The third kappa shape index (κ3) is 2.99. The predicted molar refractivity (Wildman–Crippen MR) is 76.2 cm³/mol. The van der Waals surface area contributed by atoms with Crippen molar-refractivity contribution in [2.75, 3.05) is 13.7 Å². The van der Waals surface area contributed by atoms with Gasteiger partial charge >= 0.3 is 5.63 Å². The minimum atomic E-state index is -0.555. The van der Waals surface area contributed by atoms with E-state index in [4.69, 9.17) is 9.15 Å². The average Bonchev–Trinajstić information content (AvgIpc) is 2.42. The molecule has 1 N–H and O–H groups in total. The summed E-state index contributed by atoms with van der Waals surface area (Å²) >= 11 is 0. The van der Waals surface area contributed by atoms with E-state index in [1.807, 2.05) is 13.8 Å². The first kappa shape index (κ1) is 14.1. The average molecular weight is 275 g/mol. The Morgan fingerprint density at radius 2 is 2.10 bits per heavy atom. The standard InChI is InChI=1S/C15H17NO4/c1-9(2)8-16-15(18)12-7-14(17)20-13-6-10(19-3)4-5-11(12)13/h4-7,9H,8H2,1-3H3,(H,16,18). The van der Waals surface area contributed by atoms with Crippen molar-refractivity contribution in [3.05, 3.63) is 40.2 Å². The molecule has 20 heavy (non-hydrogen) atoms. The number of amides is 1. The van der Waals surface area contributed by atoms with Gasteiger partial charge in [-0.3, -0.25) is 4.79 Å².